The van der Waals surface area contributed by atoms with E-state index in [0.717, 1.165) is 4.90 Å². The summed E-state index contributed by atoms with van der Waals surface area (Å²) in [4.78, 5) is 147. The number of Topliss-reactive ketones (excluding diaryl/α,β-unsaturated/α-hetero) is 5. The average Bonchev–Trinajstić information content (AvgIpc) is 1.71. The molecule has 0 saturated carbocycles. The number of ether oxygens (including phenoxy) is 10. The van der Waals surface area contributed by atoms with Gasteiger partial charge in [-0.25, -0.2) is 15.0 Å². The van der Waals surface area contributed by atoms with Crippen molar-refractivity contribution in [2.24, 2.45) is 17.8 Å². The normalized spacial score (nSPS) is 28.0. The smallest absolute Gasteiger partial charge is 0.268 e. The maximum absolute atomic E-state index is 14.6. The van der Waals surface area contributed by atoms with Crippen molar-refractivity contribution in [1.29, 1.82) is 0 Å². The fraction of sp³-hybridized carbons (Fsp3) is 0.847. The molecule has 7 heterocycles. The highest BCUT2D eigenvalue weighted by molar-refractivity contribution is 7.52. The Morgan fingerprint density at radius 3 is 1.44 bits per heavy atom. The van der Waals surface area contributed by atoms with Crippen LogP contribution in [0.2, 0.25) is 0 Å². The van der Waals surface area contributed by atoms with Crippen LogP contribution in [0.25, 0.3) is 11.2 Å². The van der Waals surface area contributed by atoms with Gasteiger partial charge in [-0.1, -0.05) is 47.5 Å². The highest BCUT2D eigenvalue weighted by Gasteiger charge is 2.47. The molecule has 3 amide bonds. The minimum Gasteiger partial charge on any atom is -0.778 e. The molecule has 2 aromatic rings. The van der Waals surface area contributed by atoms with Crippen molar-refractivity contribution in [2.45, 2.75) is 336 Å². The first-order chi connectivity index (χ1) is 62.0. The summed E-state index contributed by atoms with van der Waals surface area (Å²) in [5.74, 6) is -4.04. The third kappa shape index (κ3) is 37.2. The largest absolute Gasteiger partial charge is 0.778 e. The number of nitrogen functional groups attached to an aromatic ring is 1. The lowest BCUT2D eigenvalue weighted by Crippen LogP contribution is -2.57. The van der Waals surface area contributed by atoms with E-state index in [1.165, 1.54) is 31.1 Å². The Kier molecular flexibility index (Phi) is 49.4. The number of nitrogens with one attached hydrogen (secondary N) is 2. The number of phosphoric ester groups is 1. The third-order valence-electron chi connectivity index (χ3n) is 24.0. The molecule has 0 radical (unpaired) electrons. The lowest BCUT2D eigenvalue weighted by atomic mass is 9.92. The summed E-state index contributed by atoms with van der Waals surface area (Å²) in [5, 5.41) is 107. The fourth-order valence-electron chi connectivity index (χ4n) is 15.7. The fourth-order valence-corrected chi connectivity index (χ4v) is 17.4. The van der Waals surface area contributed by atoms with Gasteiger partial charge in [-0.2, -0.15) is 0 Å². The number of carbonyl (C=O) groups is 8. The van der Waals surface area contributed by atoms with E-state index in [1.54, 1.807) is 20.8 Å². The topological polar surface area (TPSA) is 636 Å². The number of fused-ring (bicyclic) bond motifs is 1. The number of rotatable bonds is 67. The maximum atomic E-state index is 14.6. The molecule has 130 heavy (non-hydrogen) atoms. The molecule has 5 saturated heterocycles. The van der Waals surface area contributed by atoms with Crippen LogP contribution in [0.1, 0.15) is 227 Å². The SMILES string of the molecule is CC1[C@H](OCCCCC(=O)CCCCCC(=O)CCOCCC(COCCC(=O)CCCCCC(=O)CCCCO[C@@H]2OC(CO)[C@H](O)[C@H](O)C2C)(COCCC(=O)NCCCCC(=O)CCCCO[C@@H]2OC(CO)[C@H](O)[C@H](O)C2C)NC(=O)CC(=O)N2C[C@@H](O)C[C@@H]2COP(=O)([O-])O[C@H]2C[C@H](n3cnc4c(N)ncnc43)O[C@@H]2COP(=O)([O-])C(C)C)OC(CO)[C@H](O)[C@@H]1O. The Hall–Kier alpha value is -5.43. The van der Waals surface area contributed by atoms with Crippen LogP contribution in [0.5, 0.6) is 0 Å². The Balaban J connectivity index is 0.949. The Labute approximate surface area is 758 Å². The first-order valence-electron chi connectivity index (χ1n) is 45.8. The molecular weight excluding hydrogens is 1750 g/mol. The van der Waals surface area contributed by atoms with Gasteiger partial charge in [0.25, 0.3) is 7.82 Å². The summed E-state index contributed by atoms with van der Waals surface area (Å²) in [6, 6.07) is -1.17. The van der Waals surface area contributed by atoms with Crippen LogP contribution in [-0.4, -0.2) is 337 Å². The molecule has 23 atom stereocenters. The van der Waals surface area contributed by atoms with E-state index < -0.39 is 206 Å². The van der Waals surface area contributed by atoms with Gasteiger partial charge in [0.15, 0.2) is 30.3 Å². The summed E-state index contributed by atoms with van der Waals surface area (Å²) < 4.78 is 103. The standard InChI is InChI=1S/C85H144N8O35P2/c1-53(2)129(112,113)122-48-68-64(41-72(124-68)93-52-90-73-80(86)88-51-89-81(73)93)128-130(114,115)123-47-57-40-63(102)43-92(57)71(105)42-70(104)91-85(49-117-37-29-62(101)23-11-7-9-21-59(98)26-14-18-34-120-83-55(4)75(107)78(110)66(45-95)126-83,50-118-38-30-69(103)87-32-16-12-24-60(99)27-15-19-35-121-84-56(5)76(108)79(111)67(46-96)127-84)31-39-116-36-28-61(100)22-10-6-8-20-58(97)25-13-17-33-119-82-54(3)74(106)77(109)65(44-94)125-82/h51-57,63-68,72,74-79,82-84,94-96,102,106-111H,6-50H2,1-5H3,(H,87,103)(H,91,104)(H,112,113)(H,114,115)(H2,86,88,89)/p-2/t54?,55?,56?,57-,63+,64+,65?,66?,67?,68-,72-,74-,75-,76-,77+,78+,79+,82-,83-,84-,85?/m1/s1. The van der Waals surface area contributed by atoms with E-state index >= 15 is 0 Å². The van der Waals surface area contributed by atoms with E-state index in [0.29, 0.717) is 116 Å². The number of phosphoric acid groups is 1. The molecule has 14 N–H and O–H groups in total. The van der Waals surface area contributed by atoms with Gasteiger partial charge in [0.1, 0.15) is 104 Å². The number of imidazole rings is 1. The van der Waals surface area contributed by atoms with Crippen molar-refractivity contribution in [1.82, 2.24) is 35.1 Å². The van der Waals surface area contributed by atoms with E-state index in [-0.39, 0.29) is 183 Å². The van der Waals surface area contributed by atoms with Gasteiger partial charge < -0.3 is 148 Å². The van der Waals surface area contributed by atoms with Crippen molar-refractivity contribution in [2.75, 3.05) is 111 Å². The monoisotopic (exact) mass is 1900 g/mol. The van der Waals surface area contributed by atoms with E-state index in [2.05, 4.69) is 25.6 Å². The van der Waals surface area contributed by atoms with Gasteiger partial charge >= 0.3 is 0 Å². The number of aliphatic hydroxyl groups is 10. The van der Waals surface area contributed by atoms with Gasteiger partial charge in [0.2, 0.25) is 17.7 Å². The molecule has 43 nitrogen and oxygen atoms in total. The number of carbonyl (C=O) groups excluding carboxylic acids is 8. The number of hydrogen-bond acceptors (Lipinski definition) is 39. The summed E-state index contributed by atoms with van der Waals surface area (Å²) in [6.45, 7) is 3.97. The zero-order valence-corrected chi connectivity index (χ0v) is 77.3. The molecule has 5 aliphatic heterocycles. The van der Waals surface area contributed by atoms with Crippen LogP contribution in [0.4, 0.5) is 5.82 Å². The van der Waals surface area contributed by atoms with Crippen molar-refractivity contribution >= 4 is 79.0 Å². The lowest BCUT2D eigenvalue weighted by Gasteiger charge is -2.40. The average molecular weight is 1900 g/mol. The second kappa shape index (κ2) is 57.6. The minimum absolute atomic E-state index is 0.00612. The number of amides is 3. The molecule has 2 aromatic heterocycles. The quantitative estimate of drug-likeness (QED) is 0.0251. The number of β-amino-alcohol motifs (C(OH)–C–C–N with tert-alkyl or cyclic N) is 1. The van der Waals surface area contributed by atoms with Crippen LogP contribution < -0.4 is 26.2 Å². The number of nitrogens with two attached hydrogens (primary N) is 1. The molecule has 0 bridgehead atoms. The highest BCUT2D eigenvalue weighted by atomic mass is 31.2. The predicted octanol–water partition coefficient (Wildman–Crippen LogP) is 1.18. The number of hydrogen-bond donors (Lipinski definition) is 13. The number of aliphatic hydroxyl groups excluding tert-OH is 10. The molecule has 5 aliphatic rings. The molecule has 45 heteroatoms. The van der Waals surface area contributed by atoms with Crippen molar-refractivity contribution in [3.05, 3.63) is 12.7 Å². The first kappa shape index (κ1) is 112. The van der Waals surface area contributed by atoms with Crippen LogP contribution >= 0.6 is 15.4 Å². The number of ketones is 5. The second-order valence-corrected chi connectivity index (χ2v) is 38.6. The molecule has 0 spiro atoms. The molecule has 7 rings (SSSR count). The van der Waals surface area contributed by atoms with E-state index in [1.807, 2.05) is 0 Å². The summed E-state index contributed by atoms with van der Waals surface area (Å²) in [7, 11) is -9.93. The Morgan fingerprint density at radius 2 is 0.969 bits per heavy atom. The zero-order valence-electron chi connectivity index (χ0n) is 75.5. The number of anilines is 1. The van der Waals surface area contributed by atoms with Gasteiger partial charge in [-0.3, -0.25) is 47.5 Å². The van der Waals surface area contributed by atoms with Crippen LogP contribution in [0.15, 0.2) is 12.7 Å². The molecule has 0 aliphatic carbocycles. The van der Waals surface area contributed by atoms with E-state index in [4.69, 9.17) is 66.7 Å². The van der Waals surface area contributed by atoms with Gasteiger partial charge in [-0.05, 0) is 89.9 Å². The zero-order chi connectivity index (χ0) is 95.1. The Morgan fingerprint density at radius 1 is 0.523 bits per heavy atom. The molecule has 0 aromatic carbocycles. The molecule has 744 valence electrons. The predicted molar refractivity (Wildman–Crippen MR) is 456 cm³/mol. The number of aromatic nitrogens is 4. The van der Waals surface area contributed by atoms with Crippen molar-refractivity contribution in [3.63, 3.8) is 0 Å². The molecule has 5 fully saturated rings. The first-order valence-corrected chi connectivity index (χ1v) is 48.8. The maximum Gasteiger partial charge on any atom is 0.268 e. The van der Waals surface area contributed by atoms with Crippen LogP contribution in [0, 0.1) is 17.8 Å². The van der Waals surface area contributed by atoms with Gasteiger partial charge in [-0.15, -0.1) is 0 Å². The summed E-state index contributed by atoms with van der Waals surface area (Å²) in [5.41, 5.74) is 3.85. The van der Waals surface area contributed by atoms with E-state index in [9.17, 15) is 108 Å². The van der Waals surface area contributed by atoms with Crippen molar-refractivity contribution in [3.8, 4) is 0 Å². The highest BCUT2D eigenvalue weighted by Crippen LogP contribution is 2.49. The lowest BCUT2D eigenvalue weighted by molar-refractivity contribution is -0.282. The third-order valence-corrected chi connectivity index (χ3v) is 26.8. The van der Waals surface area contributed by atoms with Crippen molar-refractivity contribution < 1.29 is 169 Å². The minimum atomic E-state index is -5.44. The number of unbranched alkanes of at least 4 members (excludes halogenated alkanes) is 8. The summed E-state index contributed by atoms with van der Waals surface area (Å²) in [6.07, 6.45) is -7.64. The molecule has 9 unspecified atom stereocenters. The van der Waals surface area contributed by atoms with Gasteiger partial charge in [0.05, 0.1) is 114 Å². The Bertz CT molecular complexity index is 3760. The molecular formula is C85H142N8O35P2-2. The van der Waals surface area contributed by atoms with Gasteiger partial charge in [0, 0.05) is 140 Å². The summed E-state index contributed by atoms with van der Waals surface area (Å²) >= 11 is 0. The number of nitrogens with zero attached hydrogens (tertiary/aromatic N) is 5. The van der Waals surface area contributed by atoms with Crippen LogP contribution in [-0.2, 0) is 108 Å². The van der Waals surface area contributed by atoms with Crippen LogP contribution in [0.3, 0.4) is 0 Å². The number of likely N-dealkylation sites (tertiary alicyclic amines) is 1. The second-order valence-electron chi connectivity index (χ2n) is 34.9.